The number of carbonyl (C=O) groups is 3. The molecule has 34 heavy (non-hydrogen) atoms. The van der Waals surface area contributed by atoms with E-state index in [0.29, 0.717) is 55.0 Å². The number of rotatable bonds is 8. The molecule has 0 atom stereocenters. The Morgan fingerprint density at radius 1 is 0.941 bits per heavy atom. The van der Waals surface area contributed by atoms with Crippen molar-refractivity contribution in [2.24, 2.45) is 5.92 Å². The molecular weight excluding hydrogens is 452 g/mol. The minimum atomic E-state index is -0.733. The normalized spacial score (nSPS) is 17.8. The van der Waals surface area contributed by atoms with E-state index in [9.17, 15) is 14.4 Å². The number of carbonyl (C=O) groups excluding carboxylic acids is 2. The molecule has 1 aromatic heterocycles. The quantitative estimate of drug-likeness (QED) is 0.415. The molecule has 4 rings (SSSR count). The minimum absolute atomic E-state index is 0.00356. The van der Waals surface area contributed by atoms with Crippen LogP contribution < -0.4 is 15.4 Å². The predicted octanol–water partition coefficient (Wildman–Crippen LogP) is 4.39. The van der Waals surface area contributed by atoms with Gasteiger partial charge in [-0.05, 0) is 80.0 Å². The van der Waals surface area contributed by atoms with Crippen LogP contribution in [0.3, 0.4) is 0 Å². The van der Waals surface area contributed by atoms with E-state index in [1.807, 2.05) is 25.1 Å². The zero-order valence-electron chi connectivity index (χ0n) is 19.0. The number of amides is 2. The van der Waals surface area contributed by atoms with E-state index in [1.165, 1.54) is 11.3 Å². The zero-order chi connectivity index (χ0) is 24.1. The Morgan fingerprint density at radius 2 is 1.62 bits per heavy atom. The average Bonchev–Trinajstić information content (AvgIpc) is 3.26. The maximum absolute atomic E-state index is 12.4. The first-order valence-corrected chi connectivity index (χ1v) is 12.3. The van der Waals surface area contributed by atoms with Crippen molar-refractivity contribution < 1.29 is 24.2 Å². The molecule has 0 aliphatic heterocycles. The zero-order valence-corrected chi connectivity index (χ0v) is 19.8. The summed E-state index contributed by atoms with van der Waals surface area (Å²) in [4.78, 5) is 36.5. The molecule has 2 aromatic carbocycles. The molecule has 3 aromatic rings. The highest BCUT2D eigenvalue weighted by molar-refractivity contribution is 7.20. The standard InChI is InChI=1S/C26H28N2O5S/c1-16-2-3-19-15-23(34-22(19)14-16)25(30)28-13-12-27-24(29)17-4-8-20(9-5-17)33-21-10-6-18(7-11-21)26(31)32/h2-5,8-9,14-15,18,21H,6-7,10-13H2,1H3,(H,27,29)(H,28,30)(H,31,32)/t18-,21+. The fraction of sp³-hybridized carbons (Fsp3) is 0.346. The van der Waals surface area contributed by atoms with Crippen LogP contribution in [0.5, 0.6) is 5.75 Å². The Morgan fingerprint density at radius 3 is 2.29 bits per heavy atom. The van der Waals surface area contributed by atoms with Gasteiger partial charge in [0.1, 0.15) is 5.75 Å². The van der Waals surface area contributed by atoms with Gasteiger partial charge in [-0.25, -0.2) is 0 Å². The van der Waals surface area contributed by atoms with Gasteiger partial charge in [0.2, 0.25) is 0 Å². The Balaban J connectivity index is 1.19. The molecule has 1 fully saturated rings. The van der Waals surface area contributed by atoms with Gasteiger partial charge in [-0.15, -0.1) is 11.3 Å². The largest absolute Gasteiger partial charge is 0.490 e. The van der Waals surface area contributed by atoms with E-state index in [2.05, 4.69) is 16.7 Å². The smallest absolute Gasteiger partial charge is 0.306 e. The number of hydrogen-bond acceptors (Lipinski definition) is 5. The molecule has 0 saturated heterocycles. The van der Waals surface area contributed by atoms with Gasteiger partial charge in [0, 0.05) is 23.4 Å². The number of nitrogens with one attached hydrogen (secondary N) is 2. The molecule has 1 aliphatic carbocycles. The van der Waals surface area contributed by atoms with Crippen LogP contribution in [0.15, 0.2) is 48.5 Å². The Bertz CT molecular complexity index is 1180. The molecule has 1 aliphatic rings. The number of fused-ring (bicyclic) bond motifs is 1. The van der Waals surface area contributed by atoms with Crippen LogP contribution in [0.2, 0.25) is 0 Å². The molecule has 0 spiro atoms. The third-order valence-corrected chi connectivity index (χ3v) is 7.13. The van der Waals surface area contributed by atoms with Crippen LogP contribution in [0.1, 0.15) is 51.3 Å². The lowest BCUT2D eigenvalue weighted by molar-refractivity contribution is -0.143. The fourth-order valence-electron chi connectivity index (χ4n) is 4.10. The summed E-state index contributed by atoms with van der Waals surface area (Å²) < 4.78 is 7.02. The summed E-state index contributed by atoms with van der Waals surface area (Å²) in [5, 5.41) is 15.8. The van der Waals surface area contributed by atoms with Gasteiger partial charge in [-0.2, -0.15) is 0 Å². The van der Waals surface area contributed by atoms with E-state index >= 15 is 0 Å². The van der Waals surface area contributed by atoms with Gasteiger partial charge in [-0.3, -0.25) is 14.4 Å². The number of carboxylic acids is 1. The number of hydrogen-bond donors (Lipinski definition) is 3. The number of carboxylic acid groups (broad SMARTS) is 1. The van der Waals surface area contributed by atoms with Crippen molar-refractivity contribution in [2.45, 2.75) is 38.7 Å². The highest BCUT2D eigenvalue weighted by atomic mass is 32.1. The number of thiophene rings is 1. The maximum atomic E-state index is 12.4. The number of aryl methyl sites for hydroxylation is 1. The van der Waals surface area contributed by atoms with Gasteiger partial charge in [0.25, 0.3) is 11.8 Å². The molecule has 0 unspecified atom stereocenters. The summed E-state index contributed by atoms with van der Waals surface area (Å²) in [6.07, 6.45) is 2.68. The third kappa shape index (κ3) is 5.94. The van der Waals surface area contributed by atoms with Crippen LogP contribution in [-0.4, -0.2) is 42.1 Å². The molecule has 7 nitrogen and oxygen atoms in total. The lowest BCUT2D eigenvalue weighted by Crippen LogP contribution is -2.34. The molecule has 0 radical (unpaired) electrons. The van der Waals surface area contributed by atoms with E-state index in [4.69, 9.17) is 9.84 Å². The Kier molecular flexibility index (Phi) is 7.47. The van der Waals surface area contributed by atoms with Crippen molar-refractivity contribution in [1.82, 2.24) is 10.6 Å². The molecule has 8 heteroatoms. The van der Waals surface area contributed by atoms with Crippen LogP contribution in [-0.2, 0) is 4.79 Å². The first-order chi connectivity index (χ1) is 16.4. The highest BCUT2D eigenvalue weighted by Crippen LogP contribution is 2.28. The van der Waals surface area contributed by atoms with E-state index in [0.717, 1.165) is 15.6 Å². The molecule has 1 saturated carbocycles. The van der Waals surface area contributed by atoms with Crippen molar-refractivity contribution in [3.05, 3.63) is 64.5 Å². The molecule has 2 amide bonds. The summed E-state index contributed by atoms with van der Waals surface area (Å²) in [5.74, 6) is -0.707. The lowest BCUT2D eigenvalue weighted by Gasteiger charge is -2.26. The Labute approximate surface area is 202 Å². The highest BCUT2D eigenvalue weighted by Gasteiger charge is 2.26. The van der Waals surface area contributed by atoms with Crippen molar-refractivity contribution in [1.29, 1.82) is 0 Å². The monoisotopic (exact) mass is 480 g/mol. The van der Waals surface area contributed by atoms with Crippen molar-refractivity contribution in [3.8, 4) is 5.75 Å². The molecule has 0 bridgehead atoms. The van der Waals surface area contributed by atoms with E-state index in [1.54, 1.807) is 24.3 Å². The fourth-order valence-corrected chi connectivity index (χ4v) is 5.17. The maximum Gasteiger partial charge on any atom is 0.306 e. The van der Waals surface area contributed by atoms with E-state index in [-0.39, 0.29) is 23.8 Å². The molecule has 3 N–H and O–H groups in total. The van der Waals surface area contributed by atoms with Gasteiger partial charge in [0.15, 0.2) is 0 Å². The number of ether oxygens (including phenoxy) is 1. The summed E-state index contributed by atoms with van der Waals surface area (Å²) >= 11 is 1.46. The van der Waals surface area contributed by atoms with Crippen molar-refractivity contribution in [3.63, 3.8) is 0 Å². The topological polar surface area (TPSA) is 105 Å². The summed E-state index contributed by atoms with van der Waals surface area (Å²) in [5.41, 5.74) is 1.67. The second-order valence-electron chi connectivity index (χ2n) is 8.62. The third-order valence-electron chi connectivity index (χ3n) is 6.04. The van der Waals surface area contributed by atoms with Gasteiger partial charge in [0.05, 0.1) is 16.9 Å². The van der Waals surface area contributed by atoms with E-state index < -0.39 is 5.97 Å². The molecule has 1 heterocycles. The van der Waals surface area contributed by atoms with Gasteiger partial charge in [-0.1, -0.05) is 12.1 Å². The van der Waals surface area contributed by atoms with Crippen LogP contribution in [0, 0.1) is 12.8 Å². The summed E-state index contributed by atoms with van der Waals surface area (Å²) in [6.45, 7) is 2.68. The van der Waals surface area contributed by atoms with Gasteiger partial charge >= 0.3 is 5.97 Å². The predicted molar refractivity (Wildman–Crippen MR) is 132 cm³/mol. The van der Waals surface area contributed by atoms with Crippen LogP contribution >= 0.6 is 11.3 Å². The van der Waals surface area contributed by atoms with Gasteiger partial charge < -0.3 is 20.5 Å². The Hall–Kier alpha value is -3.39. The van der Waals surface area contributed by atoms with Crippen LogP contribution in [0.25, 0.3) is 10.1 Å². The molecular formula is C26H28N2O5S. The molecule has 178 valence electrons. The van der Waals surface area contributed by atoms with Crippen molar-refractivity contribution >= 4 is 39.2 Å². The SMILES string of the molecule is Cc1ccc2cc(C(=O)NCCNC(=O)c3ccc(O[C@H]4CC[C@@H](C(=O)O)CC4)cc3)sc2c1. The first-order valence-electron chi connectivity index (χ1n) is 11.4. The lowest BCUT2D eigenvalue weighted by atomic mass is 9.87. The summed E-state index contributed by atoms with van der Waals surface area (Å²) in [7, 11) is 0. The number of benzene rings is 2. The second-order valence-corrected chi connectivity index (χ2v) is 9.70. The second kappa shape index (κ2) is 10.7. The van der Waals surface area contributed by atoms with Crippen molar-refractivity contribution in [2.75, 3.05) is 13.1 Å². The first kappa shape index (κ1) is 23.8. The summed E-state index contributed by atoms with van der Waals surface area (Å²) in [6, 6.07) is 14.9. The average molecular weight is 481 g/mol. The number of aliphatic carboxylic acids is 1. The minimum Gasteiger partial charge on any atom is -0.490 e. The van der Waals surface area contributed by atoms with Crippen LogP contribution in [0.4, 0.5) is 0 Å².